The zero-order chi connectivity index (χ0) is 6.69. The maximum Gasteiger partial charge on any atom is 0.0381 e. The summed E-state index contributed by atoms with van der Waals surface area (Å²) in [5.74, 6) is 2.64. The van der Waals surface area contributed by atoms with Gasteiger partial charge in [0.05, 0.1) is 0 Å². The zero-order valence-electron chi connectivity index (χ0n) is 5.35. The second-order valence-electron chi connectivity index (χ2n) is 1.76. The van der Waals surface area contributed by atoms with E-state index in [2.05, 4.69) is 12.8 Å². The van der Waals surface area contributed by atoms with Crippen molar-refractivity contribution in [1.82, 2.24) is 0 Å². The molecule has 1 rings (SSSR count). The Labute approximate surface area is 59.5 Å². The number of hydrogen-bond acceptors (Lipinski definition) is 1. The second-order valence-corrected chi connectivity index (χ2v) is 2.76. The Balaban J connectivity index is 3.02. The first kappa shape index (κ1) is 6.38. The molecule has 0 spiro atoms. The van der Waals surface area contributed by atoms with Gasteiger partial charge in [0.2, 0.25) is 0 Å². The Morgan fingerprint density at radius 3 is 3.00 bits per heavy atom. The van der Waals surface area contributed by atoms with Gasteiger partial charge in [0.25, 0.3) is 0 Å². The minimum absolute atomic E-state index is 1.05. The van der Waals surface area contributed by atoms with Crippen LogP contribution in [0.1, 0.15) is 17.4 Å². The van der Waals surface area contributed by atoms with Crippen LogP contribution in [0.15, 0.2) is 11.4 Å². The lowest BCUT2D eigenvalue weighted by Gasteiger charge is -1.87. The van der Waals surface area contributed by atoms with Crippen molar-refractivity contribution < 1.29 is 0 Å². The molecule has 1 heterocycles. The second kappa shape index (κ2) is 2.70. The molecule has 0 aliphatic carbocycles. The maximum atomic E-state index is 5.23. The molecule has 0 N–H and O–H groups in total. The van der Waals surface area contributed by atoms with Gasteiger partial charge in [-0.1, -0.05) is 12.8 Å². The highest BCUT2D eigenvalue weighted by Gasteiger charge is 1.95. The SMILES string of the molecule is C#Cc1ccsc1CC. The van der Waals surface area contributed by atoms with E-state index in [4.69, 9.17) is 6.42 Å². The van der Waals surface area contributed by atoms with Crippen LogP contribution in [0.4, 0.5) is 0 Å². The van der Waals surface area contributed by atoms with Gasteiger partial charge < -0.3 is 0 Å². The zero-order valence-corrected chi connectivity index (χ0v) is 6.16. The fraction of sp³-hybridized carbons (Fsp3) is 0.250. The van der Waals surface area contributed by atoms with E-state index < -0.39 is 0 Å². The number of hydrogen-bond donors (Lipinski definition) is 0. The molecule has 0 nitrogen and oxygen atoms in total. The number of aryl methyl sites for hydroxylation is 1. The third-order valence-electron chi connectivity index (χ3n) is 1.22. The first-order valence-corrected chi connectivity index (χ1v) is 3.79. The average Bonchev–Trinajstić information content (AvgIpc) is 2.33. The fourth-order valence-electron chi connectivity index (χ4n) is 0.743. The summed E-state index contributed by atoms with van der Waals surface area (Å²) in [4.78, 5) is 1.32. The van der Waals surface area contributed by atoms with Crippen LogP contribution in [0.3, 0.4) is 0 Å². The van der Waals surface area contributed by atoms with Gasteiger partial charge in [-0.25, -0.2) is 0 Å². The van der Waals surface area contributed by atoms with Gasteiger partial charge in [0.1, 0.15) is 0 Å². The van der Waals surface area contributed by atoms with Crippen molar-refractivity contribution in [3.05, 3.63) is 21.9 Å². The van der Waals surface area contributed by atoms with Crippen LogP contribution in [-0.4, -0.2) is 0 Å². The Hall–Kier alpha value is -0.740. The summed E-state index contributed by atoms with van der Waals surface area (Å²) in [6.45, 7) is 2.12. The van der Waals surface area contributed by atoms with Crippen LogP contribution >= 0.6 is 11.3 Å². The van der Waals surface area contributed by atoms with Crippen molar-refractivity contribution in [2.45, 2.75) is 13.3 Å². The molecule has 0 radical (unpaired) electrons. The molecular formula is C8H8S. The fourth-order valence-corrected chi connectivity index (χ4v) is 1.53. The minimum Gasteiger partial charge on any atom is -0.148 e. The first-order chi connectivity index (χ1) is 4.38. The Morgan fingerprint density at radius 2 is 2.56 bits per heavy atom. The van der Waals surface area contributed by atoms with Crippen LogP contribution in [0.25, 0.3) is 0 Å². The molecular weight excluding hydrogens is 128 g/mol. The Kier molecular flexibility index (Phi) is 1.92. The number of rotatable bonds is 1. The molecule has 1 aromatic heterocycles. The molecule has 0 fully saturated rings. The van der Waals surface area contributed by atoms with E-state index in [0.717, 1.165) is 12.0 Å². The highest BCUT2D eigenvalue weighted by Crippen LogP contribution is 2.15. The highest BCUT2D eigenvalue weighted by atomic mass is 32.1. The van der Waals surface area contributed by atoms with Gasteiger partial charge in [-0.3, -0.25) is 0 Å². The van der Waals surface area contributed by atoms with Crippen molar-refractivity contribution in [3.63, 3.8) is 0 Å². The summed E-state index contributed by atoms with van der Waals surface area (Å²) in [6.07, 6.45) is 6.28. The molecule has 1 heteroatoms. The number of thiophene rings is 1. The van der Waals surface area contributed by atoms with Crippen LogP contribution < -0.4 is 0 Å². The van der Waals surface area contributed by atoms with Crippen molar-refractivity contribution >= 4 is 11.3 Å². The standard InChI is InChI=1S/C8H8S/c1-3-7-5-6-9-8(7)4-2/h1,5-6H,4H2,2H3. The van der Waals surface area contributed by atoms with Crippen LogP contribution in [0, 0.1) is 12.3 Å². The molecule has 46 valence electrons. The topological polar surface area (TPSA) is 0 Å². The lowest BCUT2D eigenvalue weighted by Crippen LogP contribution is -1.75. The highest BCUT2D eigenvalue weighted by molar-refractivity contribution is 7.10. The van der Waals surface area contributed by atoms with E-state index in [1.54, 1.807) is 11.3 Å². The van der Waals surface area contributed by atoms with E-state index in [1.165, 1.54) is 4.88 Å². The summed E-state index contributed by atoms with van der Waals surface area (Å²) in [5.41, 5.74) is 1.06. The smallest absolute Gasteiger partial charge is 0.0381 e. The minimum atomic E-state index is 1.05. The summed E-state index contributed by atoms with van der Waals surface area (Å²) >= 11 is 1.73. The quantitative estimate of drug-likeness (QED) is 0.520. The molecule has 0 bridgehead atoms. The van der Waals surface area contributed by atoms with E-state index in [1.807, 2.05) is 11.4 Å². The van der Waals surface area contributed by atoms with Gasteiger partial charge in [-0.2, -0.15) is 0 Å². The molecule has 0 saturated carbocycles. The predicted molar refractivity (Wildman–Crippen MR) is 41.6 cm³/mol. The molecule has 0 saturated heterocycles. The molecule has 0 aliphatic rings. The van der Waals surface area contributed by atoms with Gasteiger partial charge in [-0.15, -0.1) is 17.8 Å². The van der Waals surface area contributed by atoms with Crippen molar-refractivity contribution in [1.29, 1.82) is 0 Å². The van der Waals surface area contributed by atoms with Crippen molar-refractivity contribution in [2.75, 3.05) is 0 Å². The Morgan fingerprint density at radius 1 is 1.78 bits per heavy atom. The summed E-state index contributed by atoms with van der Waals surface area (Å²) < 4.78 is 0. The summed E-state index contributed by atoms with van der Waals surface area (Å²) in [5, 5.41) is 2.04. The van der Waals surface area contributed by atoms with Crippen LogP contribution in [-0.2, 0) is 6.42 Å². The normalized spacial score (nSPS) is 8.89. The molecule has 0 amide bonds. The third kappa shape index (κ3) is 1.14. The van der Waals surface area contributed by atoms with Gasteiger partial charge >= 0.3 is 0 Å². The summed E-state index contributed by atoms with van der Waals surface area (Å²) in [7, 11) is 0. The van der Waals surface area contributed by atoms with E-state index in [9.17, 15) is 0 Å². The Bertz CT molecular complexity index is 227. The maximum absolute atomic E-state index is 5.23. The molecule has 0 aliphatic heterocycles. The molecule has 0 unspecified atom stereocenters. The lowest BCUT2D eigenvalue weighted by atomic mass is 10.2. The monoisotopic (exact) mass is 136 g/mol. The largest absolute Gasteiger partial charge is 0.148 e. The van der Waals surface area contributed by atoms with Gasteiger partial charge in [0, 0.05) is 10.4 Å². The summed E-state index contributed by atoms with van der Waals surface area (Å²) in [6, 6.07) is 1.99. The van der Waals surface area contributed by atoms with Gasteiger partial charge in [0.15, 0.2) is 0 Å². The molecule has 0 aromatic carbocycles. The van der Waals surface area contributed by atoms with Crippen LogP contribution in [0.5, 0.6) is 0 Å². The third-order valence-corrected chi connectivity index (χ3v) is 2.29. The lowest BCUT2D eigenvalue weighted by molar-refractivity contribution is 1.18. The first-order valence-electron chi connectivity index (χ1n) is 2.91. The molecule has 0 atom stereocenters. The van der Waals surface area contributed by atoms with Crippen molar-refractivity contribution in [3.8, 4) is 12.3 Å². The van der Waals surface area contributed by atoms with Crippen molar-refractivity contribution in [2.24, 2.45) is 0 Å². The molecule has 9 heavy (non-hydrogen) atoms. The van der Waals surface area contributed by atoms with E-state index >= 15 is 0 Å². The molecule has 1 aromatic rings. The average molecular weight is 136 g/mol. The van der Waals surface area contributed by atoms with Crippen LogP contribution in [0.2, 0.25) is 0 Å². The van der Waals surface area contributed by atoms with E-state index in [-0.39, 0.29) is 0 Å². The van der Waals surface area contributed by atoms with Gasteiger partial charge in [-0.05, 0) is 17.9 Å². The van der Waals surface area contributed by atoms with E-state index in [0.29, 0.717) is 0 Å². The number of terminal acetylenes is 1. The predicted octanol–water partition coefficient (Wildman–Crippen LogP) is 2.29.